The van der Waals surface area contributed by atoms with Gasteiger partial charge in [0.1, 0.15) is 17.6 Å². The van der Waals surface area contributed by atoms with Crippen molar-refractivity contribution in [3.8, 4) is 0 Å². The predicted octanol–water partition coefficient (Wildman–Crippen LogP) is 2.60. The van der Waals surface area contributed by atoms with Crippen LogP contribution in [-0.2, 0) is 17.7 Å². The lowest BCUT2D eigenvalue weighted by Crippen LogP contribution is -2.40. The van der Waals surface area contributed by atoms with Gasteiger partial charge in [0.25, 0.3) is 5.89 Å². The smallest absolute Gasteiger partial charge is 0.317 e. The SMILES string of the molecule is CCN(Cc1ccc(C)o1)C(=O)NCCc1noc([C@@H]2CCCO2)n1. The third-order valence-electron chi connectivity index (χ3n) is 4.13. The zero-order chi connectivity index (χ0) is 17.6. The fraction of sp³-hybridized carbons (Fsp3) is 0.588. The van der Waals surface area contributed by atoms with Gasteiger partial charge < -0.3 is 23.9 Å². The lowest BCUT2D eigenvalue weighted by Gasteiger charge is -2.20. The number of aromatic nitrogens is 2. The summed E-state index contributed by atoms with van der Waals surface area (Å²) in [5.41, 5.74) is 0. The van der Waals surface area contributed by atoms with E-state index in [1.165, 1.54) is 0 Å². The lowest BCUT2D eigenvalue weighted by molar-refractivity contribution is 0.0835. The van der Waals surface area contributed by atoms with Gasteiger partial charge in [0, 0.05) is 26.1 Å². The van der Waals surface area contributed by atoms with E-state index >= 15 is 0 Å². The molecule has 8 heteroatoms. The Morgan fingerprint density at radius 1 is 1.44 bits per heavy atom. The first-order chi connectivity index (χ1) is 12.2. The van der Waals surface area contributed by atoms with Gasteiger partial charge in [0.2, 0.25) is 0 Å². The van der Waals surface area contributed by atoms with Crippen molar-refractivity contribution in [2.45, 2.75) is 45.8 Å². The van der Waals surface area contributed by atoms with Crippen molar-refractivity contribution in [3.05, 3.63) is 35.4 Å². The highest BCUT2D eigenvalue weighted by Crippen LogP contribution is 2.26. The van der Waals surface area contributed by atoms with Crippen molar-refractivity contribution in [2.75, 3.05) is 19.7 Å². The van der Waals surface area contributed by atoms with Crippen LogP contribution >= 0.6 is 0 Å². The second-order valence-corrected chi connectivity index (χ2v) is 6.06. The average Bonchev–Trinajstić information content (AvgIpc) is 3.34. The summed E-state index contributed by atoms with van der Waals surface area (Å²) in [5, 5.41) is 6.83. The molecule has 8 nitrogen and oxygen atoms in total. The predicted molar refractivity (Wildman–Crippen MR) is 88.9 cm³/mol. The highest BCUT2D eigenvalue weighted by atomic mass is 16.5. The molecule has 1 N–H and O–H groups in total. The summed E-state index contributed by atoms with van der Waals surface area (Å²) in [5.74, 6) is 2.72. The molecule has 1 fully saturated rings. The molecule has 1 aliphatic heterocycles. The Kier molecular flexibility index (Phi) is 5.70. The molecular weight excluding hydrogens is 324 g/mol. The van der Waals surface area contributed by atoms with E-state index in [2.05, 4.69) is 15.5 Å². The van der Waals surface area contributed by atoms with Gasteiger partial charge in [-0.3, -0.25) is 0 Å². The fourth-order valence-corrected chi connectivity index (χ4v) is 2.75. The van der Waals surface area contributed by atoms with Crippen molar-refractivity contribution in [3.63, 3.8) is 0 Å². The van der Waals surface area contributed by atoms with E-state index in [1.807, 2.05) is 26.0 Å². The first kappa shape index (κ1) is 17.5. The van der Waals surface area contributed by atoms with Gasteiger partial charge in [-0.15, -0.1) is 0 Å². The van der Waals surface area contributed by atoms with Crippen LogP contribution in [-0.4, -0.2) is 40.8 Å². The largest absolute Gasteiger partial charge is 0.464 e. The average molecular weight is 348 g/mol. The molecule has 1 aliphatic rings. The van der Waals surface area contributed by atoms with E-state index in [9.17, 15) is 4.79 Å². The Morgan fingerprint density at radius 2 is 2.32 bits per heavy atom. The molecule has 2 aromatic heterocycles. The summed E-state index contributed by atoms with van der Waals surface area (Å²) in [6, 6.07) is 3.64. The van der Waals surface area contributed by atoms with Gasteiger partial charge in [-0.2, -0.15) is 4.98 Å². The number of rotatable bonds is 7. The van der Waals surface area contributed by atoms with Crippen molar-refractivity contribution in [1.82, 2.24) is 20.4 Å². The molecule has 0 spiro atoms. The molecule has 2 aromatic rings. The van der Waals surface area contributed by atoms with Gasteiger partial charge >= 0.3 is 6.03 Å². The molecule has 2 amide bonds. The Bertz CT molecular complexity index is 690. The van der Waals surface area contributed by atoms with E-state index in [4.69, 9.17) is 13.7 Å². The van der Waals surface area contributed by atoms with Gasteiger partial charge in [-0.25, -0.2) is 4.79 Å². The second kappa shape index (κ2) is 8.15. The van der Waals surface area contributed by atoms with Gasteiger partial charge in [0.15, 0.2) is 5.82 Å². The summed E-state index contributed by atoms with van der Waals surface area (Å²) in [4.78, 5) is 18.3. The molecule has 1 atom stereocenters. The Balaban J connectivity index is 1.44. The zero-order valence-corrected chi connectivity index (χ0v) is 14.7. The minimum atomic E-state index is -0.139. The molecule has 0 unspecified atom stereocenters. The second-order valence-electron chi connectivity index (χ2n) is 6.06. The molecule has 3 rings (SSSR count). The van der Waals surface area contributed by atoms with E-state index in [-0.39, 0.29) is 12.1 Å². The number of ether oxygens (including phenoxy) is 1. The number of nitrogens with one attached hydrogen (secondary N) is 1. The number of urea groups is 1. The molecule has 25 heavy (non-hydrogen) atoms. The number of aryl methyl sites for hydroxylation is 1. The van der Waals surface area contributed by atoms with Crippen LogP contribution in [0.4, 0.5) is 4.79 Å². The first-order valence-corrected chi connectivity index (χ1v) is 8.68. The van der Waals surface area contributed by atoms with Crippen LogP contribution in [0.3, 0.4) is 0 Å². The van der Waals surface area contributed by atoms with Crippen molar-refractivity contribution in [2.24, 2.45) is 0 Å². The molecule has 136 valence electrons. The van der Waals surface area contributed by atoms with Gasteiger partial charge in [-0.1, -0.05) is 5.16 Å². The molecule has 0 radical (unpaired) electrons. The maximum Gasteiger partial charge on any atom is 0.317 e. The zero-order valence-electron chi connectivity index (χ0n) is 14.7. The summed E-state index contributed by atoms with van der Waals surface area (Å²) in [7, 11) is 0. The van der Waals surface area contributed by atoms with Gasteiger partial charge in [0.05, 0.1) is 6.54 Å². The minimum absolute atomic E-state index is 0.0804. The maximum absolute atomic E-state index is 12.3. The van der Waals surface area contributed by atoms with Crippen LogP contribution < -0.4 is 5.32 Å². The van der Waals surface area contributed by atoms with Crippen molar-refractivity contribution in [1.29, 1.82) is 0 Å². The first-order valence-electron chi connectivity index (χ1n) is 8.68. The normalized spacial score (nSPS) is 17.0. The molecule has 0 saturated carbocycles. The molecular formula is C17H24N4O4. The Hall–Kier alpha value is -2.35. The van der Waals surface area contributed by atoms with E-state index in [1.54, 1.807) is 4.90 Å². The van der Waals surface area contributed by atoms with Crippen molar-refractivity contribution >= 4 is 6.03 Å². The summed E-state index contributed by atoms with van der Waals surface area (Å²) in [6.07, 6.45) is 2.36. The van der Waals surface area contributed by atoms with E-state index in [0.717, 1.165) is 31.0 Å². The van der Waals surface area contributed by atoms with Crippen LogP contribution in [0.5, 0.6) is 0 Å². The number of furan rings is 1. The number of amides is 2. The quantitative estimate of drug-likeness (QED) is 0.826. The molecule has 3 heterocycles. The topological polar surface area (TPSA) is 93.6 Å². The van der Waals surface area contributed by atoms with E-state index < -0.39 is 0 Å². The minimum Gasteiger partial charge on any atom is -0.464 e. The van der Waals surface area contributed by atoms with Crippen molar-refractivity contribution < 1.29 is 18.5 Å². The third-order valence-corrected chi connectivity index (χ3v) is 4.13. The summed E-state index contributed by atoms with van der Waals surface area (Å²) < 4.78 is 16.3. The third kappa shape index (κ3) is 4.60. The monoisotopic (exact) mass is 348 g/mol. The van der Waals surface area contributed by atoms with Crippen LogP contribution in [0.15, 0.2) is 21.1 Å². The number of hydrogen-bond acceptors (Lipinski definition) is 6. The Labute approximate surface area is 146 Å². The van der Waals surface area contributed by atoms with Crippen LogP contribution in [0, 0.1) is 6.92 Å². The summed E-state index contributed by atoms with van der Waals surface area (Å²) >= 11 is 0. The number of carbonyl (C=O) groups excluding carboxylic acids is 1. The Morgan fingerprint density at radius 3 is 3.00 bits per heavy atom. The van der Waals surface area contributed by atoms with Crippen LogP contribution in [0.1, 0.15) is 49.1 Å². The fourth-order valence-electron chi connectivity index (χ4n) is 2.75. The summed E-state index contributed by atoms with van der Waals surface area (Å²) in [6.45, 7) is 6.04. The highest BCUT2D eigenvalue weighted by Gasteiger charge is 2.23. The molecule has 0 bridgehead atoms. The van der Waals surface area contributed by atoms with Gasteiger partial charge in [-0.05, 0) is 38.8 Å². The number of nitrogens with zero attached hydrogens (tertiary/aromatic N) is 3. The number of carbonyl (C=O) groups is 1. The van der Waals surface area contributed by atoms with Crippen LogP contribution in [0.25, 0.3) is 0 Å². The highest BCUT2D eigenvalue weighted by molar-refractivity contribution is 5.74. The number of hydrogen-bond donors (Lipinski definition) is 1. The van der Waals surface area contributed by atoms with Crippen LogP contribution in [0.2, 0.25) is 0 Å². The standard InChI is InChI=1S/C17H24N4O4/c1-3-21(11-13-7-6-12(2)24-13)17(22)18-9-8-15-19-16(25-20-15)14-5-4-10-23-14/h6-7,14H,3-5,8-11H2,1-2H3,(H,18,22)/t14-/m0/s1. The molecule has 0 aliphatic carbocycles. The maximum atomic E-state index is 12.3. The molecule has 0 aromatic carbocycles. The van der Waals surface area contributed by atoms with E-state index in [0.29, 0.717) is 37.8 Å². The molecule has 1 saturated heterocycles. The lowest BCUT2D eigenvalue weighted by atomic mass is 10.2.